The van der Waals surface area contributed by atoms with Gasteiger partial charge in [-0.25, -0.2) is 9.98 Å². The van der Waals surface area contributed by atoms with Crippen molar-refractivity contribution in [1.82, 2.24) is 0 Å². The van der Waals surface area contributed by atoms with E-state index in [9.17, 15) is 0 Å². The molecule has 6 heterocycles. The first-order chi connectivity index (χ1) is 27.7. The number of rotatable bonds is 28. The second-order valence-electron chi connectivity index (χ2n) is 18.0. The van der Waals surface area contributed by atoms with Crippen LogP contribution in [-0.4, -0.2) is 36.1 Å². The predicted molar refractivity (Wildman–Crippen MR) is 257 cm³/mol. The molecule has 2 aliphatic rings. The van der Waals surface area contributed by atoms with E-state index in [0.717, 1.165) is 24.6 Å². The Kier molecular flexibility index (Phi) is 17.8. The van der Waals surface area contributed by atoms with Crippen LogP contribution >= 0.6 is 57.1 Å². The van der Waals surface area contributed by atoms with Crippen LogP contribution in [-0.2, 0) is 22.3 Å². The molecule has 4 nitrogen and oxygen atoms in total. The highest BCUT2D eigenvalue weighted by Gasteiger charge is 2.32. The van der Waals surface area contributed by atoms with Crippen molar-refractivity contribution in [3.05, 3.63) is 33.0 Å². The Bertz CT molecular complexity index is 1750. The summed E-state index contributed by atoms with van der Waals surface area (Å²) in [6.45, 7) is 14.7. The minimum Gasteiger partial charge on any atom is -0.474 e. The Labute approximate surface area is 366 Å². The molecule has 0 fully saturated rings. The van der Waals surface area contributed by atoms with Crippen molar-refractivity contribution in [1.29, 1.82) is 0 Å². The normalized spacial score (nSPS) is 16.2. The number of hydrogen-bond acceptors (Lipinski definition) is 9. The lowest BCUT2D eigenvalue weighted by atomic mass is 10.0. The van der Waals surface area contributed by atoms with Gasteiger partial charge < -0.3 is 9.47 Å². The second kappa shape index (κ2) is 22.5. The van der Waals surface area contributed by atoms with Gasteiger partial charge in [0.1, 0.15) is 13.2 Å². The number of ether oxygens (including phenoxy) is 2. The van der Waals surface area contributed by atoms with Gasteiger partial charge in [0.05, 0.1) is 38.7 Å². The Morgan fingerprint density at radius 1 is 0.491 bits per heavy atom. The zero-order valence-corrected chi connectivity index (χ0v) is 40.4. The van der Waals surface area contributed by atoms with Crippen molar-refractivity contribution in [2.24, 2.45) is 9.98 Å². The Balaban J connectivity index is 1.10. The average Bonchev–Trinajstić information content (AvgIpc) is 4.02. The van der Waals surface area contributed by atoms with E-state index in [4.69, 9.17) is 19.5 Å². The van der Waals surface area contributed by atoms with E-state index in [1.54, 1.807) is 0 Å². The van der Waals surface area contributed by atoms with Gasteiger partial charge in [-0.15, -0.1) is 45.3 Å². The monoisotopic (exact) mass is 868 g/mol. The lowest BCUT2D eigenvalue weighted by Gasteiger charge is -2.07. The van der Waals surface area contributed by atoms with Crippen molar-refractivity contribution in [3.63, 3.8) is 0 Å². The van der Waals surface area contributed by atoms with Gasteiger partial charge in [-0.05, 0) is 76.6 Å². The number of nitrogens with zero attached hydrogens (tertiary/aromatic N) is 2. The van der Waals surface area contributed by atoms with Crippen LogP contribution in [0.5, 0.6) is 0 Å². The first-order valence-electron chi connectivity index (χ1n) is 22.9. The van der Waals surface area contributed by atoms with Crippen molar-refractivity contribution < 1.29 is 9.47 Å². The number of thiophene rings is 4. The predicted octanol–water partition coefficient (Wildman–Crippen LogP) is 17.2. The van der Waals surface area contributed by atoms with Gasteiger partial charge >= 0.3 is 0 Å². The van der Waals surface area contributed by atoms with Gasteiger partial charge in [-0.1, -0.05) is 154 Å². The number of fused-ring (bicyclic) bond motifs is 2. The molecule has 0 unspecified atom stereocenters. The molecule has 316 valence electrons. The van der Waals surface area contributed by atoms with E-state index in [2.05, 4.69) is 53.7 Å². The first kappa shape index (κ1) is 45.1. The molecule has 0 radical (unpaired) electrons. The molecule has 0 saturated carbocycles. The van der Waals surface area contributed by atoms with Crippen LogP contribution in [0.1, 0.15) is 204 Å². The molecular weight excluding hydrogens is 797 g/mol. The quantitative estimate of drug-likeness (QED) is 0.0534. The molecule has 0 atom stereocenters. The molecule has 0 N–H and O–H groups in total. The fourth-order valence-electron chi connectivity index (χ4n) is 8.16. The molecule has 4 aromatic rings. The molecule has 2 aliphatic heterocycles. The summed E-state index contributed by atoms with van der Waals surface area (Å²) in [5.41, 5.74) is 2.66. The van der Waals surface area contributed by atoms with Gasteiger partial charge in [0, 0.05) is 9.40 Å². The zero-order chi connectivity index (χ0) is 40.1. The van der Waals surface area contributed by atoms with E-state index in [0.29, 0.717) is 13.2 Å². The van der Waals surface area contributed by atoms with Crippen LogP contribution in [0.25, 0.3) is 18.8 Å². The van der Waals surface area contributed by atoms with Crippen molar-refractivity contribution in [2.45, 2.75) is 215 Å². The van der Waals surface area contributed by atoms with Crippen LogP contribution < -0.4 is 0 Å². The fraction of sp³-hybridized carbons (Fsp3) is 0.708. The second-order valence-corrected chi connectivity index (χ2v) is 23.9. The summed E-state index contributed by atoms with van der Waals surface area (Å²) in [6.07, 6.45) is 32.4. The van der Waals surface area contributed by atoms with E-state index in [1.807, 2.05) is 57.1 Å². The van der Waals surface area contributed by atoms with Crippen LogP contribution in [0, 0.1) is 0 Å². The SMILES string of the molecule is CCCCCCCCCCCCCc1c(C2=NC(C)(C)CO2)sc2cc(Sc3cc4sc(C5=NC(C)(C)CO5)c(CCCCCCCCCCCCC)c4s3)sc12. The van der Waals surface area contributed by atoms with Gasteiger partial charge in [-0.2, -0.15) is 0 Å². The molecule has 0 saturated heterocycles. The average molecular weight is 869 g/mol. The summed E-state index contributed by atoms with van der Waals surface area (Å²) in [5.74, 6) is 1.75. The summed E-state index contributed by atoms with van der Waals surface area (Å²) >= 11 is 9.73. The van der Waals surface area contributed by atoms with Gasteiger partial charge in [0.15, 0.2) is 0 Å². The summed E-state index contributed by atoms with van der Waals surface area (Å²) in [4.78, 5) is 12.6. The molecule has 0 aliphatic carbocycles. The highest BCUT2D eigenvalue weighted by Crippen LogP contribution is 2.49. The van der Waals surface area contributed by atoms with Crippen molar-refractivity contribution in [2.75, 3.05) is 13.2 Å². The Morgan fingerprint density at radius 3 is 1.14 bits per heavy atom. The lowest BCUT2D eigenvalue weighted by molar-refractivity contribution is 0.280. The van der Waals surface area contributed by atoms with Crippen molar-refractivity contribution >= 4 is 87.7 Å². The molecule has 0 spiro atoms. The third-order valence-electron chi connectivity index (χ3n) is 11.5. The minimum atomic E-state index is -0.147. The maximum Gasteiger partial charge on any atom is 0.227 e. The van der Waals surface area contributed by atoms with Gasteiger partial charge in [-0.3, -0.25) is 0 Å². The molecule has 4 aromatic heterocycles. The van der Waals surface area contributed by atoms with Crippen LogP contribution in [0.3, 0.4) is 0 Å². The highest BCUT2D eigenvalue weighted by atomic mass is 32.2. The number of unbranched alkanes of at least 4 members (excludes halogenated alkanes) is 20. The summed E-state index contributed by atoms with van der Waals surface area (Å²) in [5, 5.41) is 0. The number of hydrogen-bond donors (Lipinski definition) is 0. The summed E-state index contributed by atoms with van der Waals surface area (Å²) in [7, 11) is 0. The maximum absolute atomic E-state index is 6.24. The smallest absolute Gasteiger partial charge is 0.227 e. The first-order valence-corrected chi connectivity index (χ1v) is 27.0. The van der Waals surface area contributed by atoms with Crippen LogP contribution in [0.4, 0.5) is 0 Å². The molecule has 0 amide bonds. The molecule has 6 rings (SSSR count). The lowest BCUT2D eigenvalue weighted by Crippen LogP contribution is -2.17. The highest BCUT2D eigenvalue weighted by molar-refractivity contribution is 8.03. The molecule has 0 bridgehead atoms. The van der Waals surface area contributed by atoms with Crippen molar-refractivity contribution in [3.8, 4) is 0 Å². The third-order valence-corrected chi connectivity index (χ3v) is 17.7. The summed E-state index contributed by atoms with van der Waals surface area (Å²) < 4.78 is 21.0. The molecule has 57 heavy (non-hydrogen) atoms. The Morgan fingerprint density at radius 2 is 0.825 bits per heavy atom. The molecule has 9 heteroatoms. The third kappa shape index (κ3) is 13.3. The summed E-state index contributed by atoms with van der Waals surface area (Å²) in [6, 6.07) is 4.89. The fourth-order valence-corrected chi connectivity index (χ4v) is 15.2. The molecule has 0 aromatic carbocycles. The number of aliphatic imine (C=N–C) groups is 2. The topological polar surface area (TPSA) is 43.2 Å². The van der Waals surface area contributed by atoms with E-state index < -0.39 is 0 Å². The van der Waals surface area contributed by atoms with Crippen LogP contribution in [0.2, 0.25) is 0 Å². The standard InChI is InChI=1S/C48H72N2O2S5/c1-7-9-11-13-15-17-19-21-23-25-27-29-35-41-37(53-43(35)45-49-47(3,4)33-51-45)31-39(56-41)55-40-32-38-42(57-40)36(44(54-38)46-50-48(5,6)34-52-46)30-28-26-24-22-20-18-16-14-12-10-8-2/h31-32H,7-30,33-34H2,1-6H3. The molecular formula is C48H72N2O2S5. The van der Waals surface area contributed by atoms with E-state index >= 15 is 0 Å². The van der Waals surface area contributed by atoms with E-state index in [1.165, 1.54) is 189 Å². The maximum atomic E-state index is 6.24. The zero-order valence-electron chi connectivity index (χ0n) is 36.3. The van der Waals surface area contributed by atoms with Crippen LogP contribution in [0.15, 0.2) is 30.5 Å². The largest absolute Gasteiger partial charge is 0.474 e. The number of aryl methyl sites for hydroxylation is 2. The van der Waals surface area contributed by atoms with Gasteiger partial charge in [0.25, 0.3) is 0 Å². The van der Waals surface area contributed by atoms with E-state index in [-0.39, 0.29) is 11.1 Å². The van der Waals surface area contributed by atoms with Gasteiger partial charge in [0.2, 0.25) is 11.8 Å². The minimum absolute atomic E-state index is 0.147. The Hall–Kier alpha value is -1.39.